The summed E-state index contributed by atoms with van der Waals surface area (Å²) in [6.07, 6.45) is 8.16. The third-order valence-corrected chi connectivity index (χ3v) is 6.60. The first-order chi connectivity index (χ1) is 15.5. The van der Waals surface area contributed by atoms with Crippen LogP contribution in [0.25, 0.3) is 27.8 Å². The normalized spacial score (nSPS) is 16.2. The van der Waals surface area contributed by atoms with E-state index < -0.39 is 11.6 Å². The minimum atomic E-state index is -0.825. The Kier molecular flexibility index (Phi) is 6.83. The Balaban J connectivity index is 1.55. The molecule has 0 saturated carbocycles. The molecule has 3 aromatic rings. The van der Waals surface area contributed by atoms with Crippen LogP contribution >= 0.6 is 0 Å². The van der Waals surface area contributed by atoms with Gasteiger partial charge in [0.05, 0.1) is 0 Å². The minimum Gasteiger partial charge on any atom is -0.206 e. The van der Waals surface area contributed by atoms with Crippen molar-refractivity contribution >= 4 is 5.57 Å². The van der Waals surface area contributed by atoms with Gasteiger partial charge in [0.25, 0.3) is 0 Å². The molecule has 3 heteroatoms. The van der Waals surface area contributed by atoms with Gasteiger partial charge in [0, 0.05) is 11.1 Å². The molecule has 0 aliphatic heterocycles. The van der Waals surface area contributed by atoms with Crippen molar-refractivity contribution in [3.63, 3.8) is 0 Å². The lowest BCUT2D eigenvalue weighted by Crippen LogP contribution is -2.05. The van der Waals surface area contributed by atoms with Crippen molar-refractivity contribution < 1.29 is 13.2 Å². The van der Waals surface area contributed by atoms with E-state index in [-0.39, 0.29) is 11.4 Å². The van der Waals surface area contributed by atoms with Crippen molar-refractivity contribution in [2.45, 2.75) is 52.4 Å². The number of benzene rings is 3. The molecular formula is C29H29F3. The first-order valence-electron chi connectivity index (χ1n) is 11.6. The van der Waals surface area contributed by atoms with E-state index in [0.29, 0.717) is 23.1 Å². The number of hydrogen-bond acceptors (Lipinski definition) is 0. The van der Waals surface area contributed by atoms with Crippen LogP contribution in [0.5, 0.6) is 0 Å². The lowest BCUT2D eigenvalue weighted by atomic mass is 9.84. The highest BCUT2D eigenvalue weighted by Gasteiger charge is 2.18. The summed E-state index contributed by atoms with van der Waals surface area (Å²) in [6.45, 7) is 4.01. The number of rotatable bonds is 6. The topological polar surface area (TPSA) is 0 Å². The predicted molar refractivity (Wildman–Crippen MR) is 127 cm³/mol. The molecule has 166 valence electrons. The summed E-state index contributed by atoms with van der Waals surface area (Å²) in [6, 6.07) is 15.8. The van der Waals surface area contributed by atoms with Crippen molar-refractivity contribution in [1.29, 1.82) is 0 Å². The van der Waals surface area contributed by atoms with Gasteiger partial charge in [-0.05, 0) is 65.5 Å². The highest BCUT2D eigenvalue weighted by atomic mass is 19.2. The second-order valence-electron chi connectivity index (χ2n) is 8.68. The van der Waals surface area contributed by atoms with Crippen molar-refractivity contribution in [1.82, 2.24) is 0 Å². The average Bonchev–Trinajstić information content (AvgIpc) is 2.82. The molecule has 0 bridgehead atoms. The third-order valence-electron chi connectivity index (χ3n) is 6.60. The Morgan fingerprint density at radius 1 is 0.781 bits per heavy atom. The summed E-state index contributed by atoms with van der Waals surface area (Å²) < 4.78 is 43.6. The van der Waals surface area contributed by atoms with Gasteiger partial charge in [-0.3, -0.25) is 0 Å². The van der Waals surface area contributed by atoms with E-state index in [4.69, 9.17) is 0 Å². The molecule has 0 nitrogen and oxygen atoms in total. The van der Waals surface area contributed by atoms with Crippen LogP contribution in [-0.2, 0) is 6.42 Å². The van der Waals surface area contributed by atoms with Crippen LogP contribution in [-0.4, -0.2) is 0 Å². The predicted octanol–water partition coefficient (Wildman–Crippen LogP) is 8.98. The monoisotopic (exact) mass is 434 g/mol. The van der Waals surface area contributed by atoms with E-state index in [2.05, 4.69) is 13.0 Å². The summed E-state index contributed by atoms with van der Waals surface area (Å²) in [4.78, 5) is 0. The average molecular weight is 435 g/mol. The second-order valence-corrected chi connectivity index (χ2v) is 8.68. The molecule has 0 radical (unpaired) electrons. The number of allylic oxidation sites excluding steroid dienone is 2. The quantitative estimate of drug-likeness (QED) is 0.363. The van der Waals surface area contributed by atoms with Crippen LogP contribution in [0.2, 0.25) is 0 Å². The molecule has 0 spiro atoms. The molecule has 32 heavy (non-hydrogen) atoms. The Bertz CT molecular complexity index is 1130. The molecule has 0 saturated heterocycles. The fraction of sp³-hybridized carbons (Fsp3) is 0.310. The Morgan fingerprint density at radius 2 is 1.47 bits per heavy atom. The molecule has 0 aromatic heterocycles. The van der Waals surface area contributed by atoms with Crippen LogP contribution in [0, 0.1) is 23.4 Å². The van der Waals surface area contributed by atoms with E-state index in [9.17, 15) is 13.2 Å². The van der Waals surface area contributed by atoms with Gasteiger partial charge >= 0.3 is 0 Å². The number of hydrogen-bond donors (Lipinski definition) is 0. The Labute approximate surface area is 188 Å². The van der Waals surface area contributed by atoms with Crippen molar-refractivity contribution in [3.05, 3.63) is 89.3 Å². The summed E-state index contributed by atoms with van der Waals surface area (Å²) >= 11 is 0. The first kappa shape index (κ1) is 22.4. The fourth-order valence-electron chi connectivity index (χ4n) is 4.69. The van der Waals surface area contributed by atoms with E-state index in [0.717, 1.165) is 41.9 Å². The summed E-state index contributed by atoms with van der Waals surface area (Å²) in [7, 11) is 0. The fourth-order valence-corrected chi connectivity index (χ4v) is 4.69. The van der Waals surface area contributed by atoms with E-state index in [1.807, 2.05) is 24.3 Å². The van der Waals surface area contributed by atoms with Gasteiger partial charge in [-0.15, -0.1) is 0 Å². The molecule has 0 amide bonds. The van der Waals surface area contributed by atoms with Crippen molar-refractivity contribution in [2.24, 2.45) is 5.92 Å². The van der Waals surface area contributed by atoms with Gasteiger partial charge in [-0.2, -0.15) is 0 Å². The maximum atomic E-state index is 14.9. The van der Waals surface area contributed by atoms with Gasteiger partial charge in [0.15, 0.2) is 11.6 Å². The van der Waals surface area contributed by atoms with Crippen molar-refractivity contribution in [2.75, 3.05) is 0 Å². The molecular weight excluding hydrogens is 405 g/mol. The van der Waals surface area contributed by atoms with Gasteiger partial charge in [0.2, 0.25) is 0 Å². The molecule has 1 aliphatic carbocycles. The lowest BCUT2D eigenvalue weighted by molar-refractivity contribution is 0.444. The second kappa shape index (κ2) is 9.77. The molecule has 4 rings (SSSR count). The Hall–Kier alpha value is -2.81. The standard InChI is InChI=1S/C29H29F3/c1-3-5-19-6-8-22(9-7-19)25-16-15-24(18-27(25)30)21-10-12-23(13-11-21)26-17-14-20(4-2)28(31)29(26)32/h8,10-19H,3-7,9H2,1-2H3. The molecule has 1 atom stereocenters. The largest absolute Gasteiger partial charge is 0.206 e. The van der Waals surface area contributed by atoms with Gasteiger partial charge in [0.1, 0.15) is 5.82 Å². The Morgan fingerprint density at radius 3 is 2.09 bits per heavy atom. The number of halogens is 3. The van der Waals surface area contributed by atoms with Crippen LogP contribution in [0.4, 0.5) is 13.2 Å². The maximum Gasteiger partial charge on any atom is 0.166 e. The molecule has 0 fully saturated rings. The zero-order valence-corrected chi connectivity index (χ0v) is 18.7. The van der Waals surface area contributed by atoms with E-state index in [1.165, 1.54) is 12.8 Å². The van der Waals surface area contributed by atoms with Crippen LogP contribution < -0.4 is 0 Å². The van der Waals surface area contributed by atoms with Crippen LogP contribution in [0.1, 0.15) is 57.1 Å². The zero-order valence-electron chi connectivity index (χ0n) is 18.7. The molecule has 1 aliphatic rings. The lowest BCUT2D eigenvalue weighted by Gasteiger charge is -2.22. The van der Waals surface area contributed by atoms with Gasteiger partial charge in [-0.1, -0.05) is 81.3 Å². The minimum absolute atomic E-state index is 0.213. The maximum absolute atomic E-state index is 14.9. The summed E-state index contributed by atoms with van der Waals surface area (Å²) in [5, 5.41) is 0. The summed E-state index contributed by atoms with van der Waals surface area (Å²) in [5.41, 5.74) is 4.60. The third kappa shape index (κ3) is 4.53. The van der Waals surface area contributed by atoms with Crippen LogP contribution in [0.3, 0.4) is 0 Å². The molecule has 1 unspecified atom stereocenters. The molecule has 3 aromatic carbocycles. The van der Waals surface area contributed by atoms with E-state index in [1.54, 1.807) is 37.3 Å². The van der Waals surface area contributed by atoms with Crippen LogP contribution in [0.15, 0.2) is 60.7 Å². The molecule has 0 N–H and O–H groups in total. The molecule has 0 heterocycles. The SMILES string of the molecule is CCCC1CC=C(c2ccc(-c3ccc(-c4ccc(CC)c(F)c4F)cc3)cc2F)CC1. The first-order valence-corrected chi connectivity index (χ1v) is 11.6. The highest BCUT2D eigenvalue weighted by molar-refractivity contribution is 5.74. The van der Waals surface area contributed by atoms with Crippen molar-refractivity contribution in [3.8, 4) is 22.3 Å². The number of aryl methyl sites for hydroxylation is 1. The smallest absolute Gasteiger partial charge is 0.166 e. The van der Waals surface area contributed by atoms with Gasteiger partial charge < -0.3 is 0 Å². The van der Waals surface area contributed by atoms with Gasteiger partial charge in [-0.25, -0.2) is 13.2 Å². The highest BCUT2D eigenvalue weighted by Crippen LogP contribution is 2.35. The van der Waals surface area contributed by atoms with E-state index >= 15 is 0 Å². The zero-order chi connectivity index (χ0) is 22.7. The summed E-state index contributed by atoms with van der Waals surface area (Å²) in [5.74, 6) is -1.10.